The van der Waals surface area contributed by atoms with Crippen LogP contribution in [0.25, 0.3) is 10.9 Å². The Bertz CT molecular complexity index is 1030. The highest BCUT2D eigenvalue weighted by Crippen LogP contribution is 2.19. The normalized spacial score (nSPS) is 11.3. The molecule has 32 heavy (non-hydrogen) atoms. The van der Waals surface area contributed by atoms with Crippen LogP contribution in [0.15, 0.2) is 30.5 Å². The molecule has 1 aromatic carbocycles. The molecule has 0 bridgehead atoms. The van der Waals surface area contributed by atoms with Crippen molar-refractivity contribution in [2.45, 2.75) is 13.5 Å². The Balaban J connectivity index is 1.39. The first kappa shape index (κ1) is 23.7. The van der Waals surface area contributed by atoms with E-state index in [1.807, 2.05) is 0 Å². The van der Waals surface area contributed by atoms with Crippen LogP contribution in [0.2, 0.25) is 0 Å². The fourth-order valence-corrected chi connectivity index (χ4v) is 2.97. The molecule has 0 spiro atoms. The molecule has 3 rings (SSSR count). The molecule has 3 aromatic rings. The lowest BCUT2D eigenvalue weighted by molar-refractivity contribution is 0.00244. The van der Waals surface area contributed by atoms with Gasteiger partial charge in [-0.05, 0) is 31.2 Å². The van der Waals surface area contributed by atoms with E-state index in [4.69, 9.17) is 18.9 Å². The number of carbonyl (C=O) groups excluding carboxylic acids is 2. The third kappa shape index (κ3) is 6.79. The second-order valence-corrected chi connectivity index (χ2v) is 7.07. The number of Topliss-reactive ketones (excluding diaryl/α,β-unsaturated/α-hetero) is 1. The van der Waals surface area contributed by atoms with Crippen LogP contribution < -0.4 is 0 Å². The first-order chi connectivity index (χ1) is 15.6. The molecule has 0 radical (unpaired) electrons. The fraction of sp³-hybridized carbons (Fsp3) is 0.455. The van der Waals surface area contributed by atoms with Crippen molar-refractivity contribution in [1.29, 1.82) is 0 Å². The molecule has 172 valence electrons. The van der Waals surface area contributed by atoms with Gasteiger partial charge in [-0.1, -0.05) is 5.21 Å². The molecule has 0 unspecified atom stereocenters. The number of hydrogen-bond donors (Lipinski definition) is 1. The van der Waals surface area contributed by atoms with Gasteiger partial charge in [-0.3, -0.25) is 9.59 Å². The smallest absolute Gasteiger partial charge is 0.231 e. The lowest BCUT2D eigenvalue weighted by Gasteiger charge is -2.06. The minimum absolute atomic E-state index is 0.0235. The first-order valence-electron chi connectivity index (χ1n) is 10.4. The van der Waals surface area contributed by atoms with Crippen LogP contribution in [-0.2, 0) is 25.5 Å². The topological polar surface area (TPSA) is 118 Å². The van der Waals surface area contributed by atoms with Crippen molar-refractivity contribution >= 4 is 22.5 Å². The molecule has 0 atom stereocenters. The quantitative estimate of drug-likeness (QED) is 0.279. The number of nitrogens with zero attached hydrogens (tertiary/aromatic N) is 3. The minimum Gasteiger partial charge on any atom is -0.382 e. The number of fused-ring (bicyclic) bond motifs is 1. The average Bonchev–Trinajstić information content (AvgIpc) is 3.43. The van der Waals surface area contributed by atoms with Crippen LogP contribution in [-0.4, -0.2) is 84.9 Å². The van der Waals surface area contributed by atoms with E-state index in [2.05, 4.69) is 15.3 Å². The van der Waals surface area contributed by atoms with Gasteiger partial charge in [-0.25, -0.2) is 4.68 Å². The van der Waals surface area contributed by atoms with E-state index in [1.165, 1.54) is 6.92 Å². The number of carbonyl (C=O) groups is 2. The number of aromatic nitrogens is 4. The van der Waals surface area contributed by atoms with Crippen molar-refractivity contribution in [3.63, 3.8) is 0 Å². The number of ether oxygens (including phenoxy) is 4. The summed E-state index contributed by atoms with van der Waals surface area (Å²) in [7, 11) is 1.63. The summed E-state index contributed by atoms with van der Waals surface area (Å²) in [5, 5.41) is 8.75. The van der Waals surface area contributed by atoms with Gasteiger partial charge < -0.3 is 23.9 Å². The Morgan fingerprint density at radius 2 is 1.66 bits per heavy atom. The Labute approximate surface area is 185 Å². The molecular weight excluding hydrogens is 416 g/mol. The lowest BCUT2D eigenvalue weighted by Crippen LogP contribution is -2.13. The second-order valence-electron chi connectivity index (χ2n) is 7.07. The SMILES string of the molecule is COCCOCCOCCOCCn1cc(C(=O)c2cc3cc(C(C)=O)ccc3[nH]2)nn1. The molecule has 0 saturated carbocycles. The van der Waals surface area contributed by atoms with Gasteiger partial charge in [0, 0.05) is 23.6 Å². The van der Waals surface area contributed by atoms with E-state index in [9.17, 15) is 9.59 Å². The summed E-state index contributed by atoms with van der Waals surface area (Å²) in [6.07, 6.45) is 1.59. The van der Waals surface area contributed by atoms with E-state index >= 15 is 0 Å². The van der Waals surface area contributed by atoms with Crippen LogP contribution in [0.5, 0.6) is 0 Å². The average molecular weight is 444 g/mol. The van der Waals surface area contributed by atoms with Crippen LogP contribution in [0, 0.1) is 0 Å². The molecule has 10 nitrogen and oxygen atoms in total. The predicted molar refractivity (Wildman–Crippen MR) is 116 cm³/mol. The van der Waals surface area contributed by atoms with Gasteiger partial charge in [0.1, 0.15) is 0 Å². The van der Waals surface area contributed by atoms with E-state index < -0.39 is 0 Å². The third-order valence-electron chi connectivity index (χ3n) is 4.68. The Hall–Kier alpha value is -2.92. The maximum atomic E-state index is 12.7. The number of aromatic amines is 1. The number of methoxy groups -OCH3 is 1. The Morgan fingerprint density at radius 1 is 0.969 bits per heavy atom. The fourth-order valence-electron chi connectivity index (χ4n) is 2.97. The monoisotopic (exact) mass is 444 g/mol. The van der Waals surface area contributed by atoms with Crippen molar-refractivity contribution in [2.75, 3.05) is 53.4 Å². The number of rotatable bonds is 15. The number of hydrogen-bond acceptors (Lipinski definition) is 8. The Kier molecular flexibility index (Phi) is 9.05. The summed E-state index contributed by atoms with van der Waals surface area (Å²) in [5.41, 5.74) is 2.01. The summed E-state index contributed by atoms with van der Waals surface area (Å²) in [6, 6.07) is 6.99. The van der Waals surface area contributed by atoms with Gasteiger partial charge in [0.25, 0.3) is 0 Å². The van der Waals surface area contributed by atoms with Crippen molar-refractivity contribution in [2.24, 2.45) is 0 Å². The predicted octanol–water partition coefficient (Wildman–Crippen LogP) is 1.89. The molecule has 0 aliphatic heterocycles. The number of H-pyrrole nitrogens is 1. The van der Waals surface area contributed by atoms with Crippen LogP contribution in [0.3, 0.4) is 0 Å². The number of benzene rings is 1. The summed E-state index contributed by atoms with van der Waals surface area (Å²) in [5.74, 6) is -0.288. The molecule has 0 aliphatic rings. The molecule has 10 heteroatoms. The standard InChI is InChI=1S/C22H28N4O6/c1-16(27)17-3-4-19-18(13-17)14-20(23-19)22(28)21-15-26(25-24-21)5-6-30-9-10-32-12-11-31-8-7-29-2/h3-4,13-15,23H,5-12H2,1-2H3. The van der Waals surface area contributed by atoms with Crippen molar-refractivity contribution in [3.8, 4) is 0 Å². The zero-order valence-corrected chi connectivity index (χ0v) is 18.3. The molecule has 1 N–H and O–H groups in total. The van der Waals surface area contributed by atoms with Gasteiger partial charge in [0.05, 0.1) is 64.7 Å². The largest absolute Gasteiger partial charge is 0.382 e. The second kappa shape index (κ2) is 12.2. The molecule has 0 fully saturated rings. The summed E-state index contributed by atoms with van der Waals surface area (Å²) in [4.78, 5) is 27.3. The summed E-state index contributed by atoms with van der Waals surface area (Å²) >= 11 is 0. The van der Waals surface area contributed by atoms with Crippen molar-refractivity contribution in [3.05, 3.63) is 47.4 Å². The van der Waals surface area contributed by atoms with Crippen LogP contribution >= 0.6 is 0 Å². The summed E-state index contributed by atoms with van der Waals surface area (Å²) < 4.78 is 22.7. The molecule has 2 aromatic heterocycles. The van der Waals surface area contributed by atoms with E-state index in [1.54, 1.807) is 42.3 Å². The zero-order valence-electron chi connectivity index (χ0n) is 18.3. The van der Waals surface area contributed by atoms with E-state index in [-0.39, 0.29) is 17.3 Å². The van der Waals surface area contributed by atoms with Gasteiger partial charge in [-0.15, -0.1) is 5.10 Å². The molecule has 0 amide bonds. The molecule has 0 aliphatic carbocycles. The van der Waals surface area contributed by atoms with E-state index in [0.29, 0.717) is 64.1 Å². The lowest BCUT2D eigenvalue weighted by atomic mass is 10.1. The van der Waals surface area contributed by atoms with Gasteiger partial charge in [-0.2, -0.15) is 0 Å². The highest BCUT2D eigenvalue weighted by molar-refractivity contribution is 6.09. The maximum Gasteiger partial charge on any atom is 0.231 e. The highest BCUT2D eigenvalue weighted by atomic mass is 16.6. The van der Waals surface area contributed by atoms with Crippen molar-refractivity contribution in [1.82, 2.24) is 20.0 Å². The molecule has 0 saturated heterocycles. The Morgan fingerprint density at radius 3 is 2.34 bits per heavy atom. The van der Waals surface area contributed by atoms with Crippen LogP contribution in [0.4, 0.5) is 0 Å². The molecular formula is C22H28N4O6. The van der Waals surface area contributed by atoms with Gasteiger partial charge in [0.2, 0.25) is 5.78 Å². The van der Waals surface area contributed by atoms with E-state index in [0.717, 1.165) is 10.9 Å². The molecule has 2 heterocycles. The number of nitrogens with one attached hydrogen (secondary N) is 1. The third-order valence-corrected chi connectivity index (χ3v) is 4.68. The van der Waals surface area contributed by atoms with Gasteiger partial charge >= 0.3 is 0 Å². The van der Waals surface area contributed by atoms with Crippen molar-refractivity contribution < 1.29 is 28.5 Å². The highest BCUT2D eigenvalue weighted by Gasteiger charge is 2.16. The van der Waals surface area contributed by atoms with Gasteiger partial charge in [0.15, 0.2) is 11.5 Å². The maximum absolute atomic E-state index is 12.7. The number of ketones is 2. The minimum atomic E-state index is -0.265. The summed E-state index contributed by atoms with van der Waals surface area (Å²) in [6.45, 7) is 5.48. The first-order valence-corrected chi connectivity index (χ1v) is 10.4. The van der Waals surface area contributed by atoms with Crippen LogP contribution in [0.1, 0.15) is 33.5 Å². The zero-order chi connectivity index (χ0) is 22.8.